The third kappa shape index (κ3) is 6.76. The largest absolute Gasteiger partial charge is 0.468 e. The quantitative estimate of drug-likeness (QED) is 0.295. The molecular formula is C21H32N6O7. The second kappa shape index (κ2) is 10.6. The molecule has 0 spiro atoms. The topological polar surface area (TPSA) is 165 Å². The molecule has 0 radical (unpaired) electrons. The summed E-state index contributed by atoms with van der Waals surface area (Å²) in [6.45, 7) is 8.26. The van der Waals surface area contributed by atoms with Crippen LogP contribution in [0.25, 0.3) is 0 Å². The Labute approximate surface area is 197 Å². The fourth-order valence-electron chi connectivity index (χ4n) is 3.20. The zero-order valence-electron chi connectivity index (χ0n) is 20.4. The first-order valence-corrected chi connectivity index (χ1v) is 10.7. The highest BCUT2D eigenvalue weighted by Gasteiger charge is 2.39. The number of rotatable bonds is 7. The van der Waals surface area contributed by atoms with Crippen LogP contribution in [0.4, 0.5) is 16.4 Å². The van der Waals surface area contributed by atoms with E-state index in [1.165, 1.54) is 32.0 Å². The lowest BCUT2D eigenvalue weighted by Crippen LogP contribution is -2.57. The maximum absolute atomic E-state index is 12.7. The third-order valence-electron chi connectivity index (χ3n) is 5.23. The minimum atomic E-state index is -1.05. The van der Waals surface area contributed by atoms with Gasteiger partial charge in [-0.3, -0.25) is 29.9 Å². The van der Waals surface area contributed by atoms with Gasteiger partial charge in [-0.25, -0.2) is 9.78 Å². The maximum atomic E-state index is 12.7. The fourth-order valence-corrected chi connectivity index (χ4v) is 3.20. The molecule has 2 amide bonds. The van der Waals surface area contributed by atoms with E-state index in [0.29, 0.717) is 11.4 Å². The summed E-state index contributed by atoms with van der Waals surface area (Å²) in [5.74, 6) is -0.529. The number of carbonyl (C=O) groups is 3. The van der Waals surface area contributed by atoms with E-state index in [-0.39, 0.29) is 12.2 Å². The van der Waals surface area contributed by atoms with Crippen molar-refractivity contribution in [1.82, 2.24) is 15.2 Å². The summed E-state index contributed by atoms with van der Waals surface area (Å²) in [6, 6.07) is 0.460. The zero-order valence-corrected chi connectivity index (χ0v) is 20.4. The molecule has 0 fully saturated rings. The smallest absolute Gasteiger partial charge is 0.410 e. The van der Waals surface area contributed by atoms with Crippen LogP contribution in [0.3, 0.4) is 0 Å². The number of fused-ring (bicyclic) bond motifs is 1. The van der Waals surface area contributed by atoms with Crippen molar-refractivity contribution >= 4 is 29.6 Å². The molecule has 2 unspecified atom stereocenters. The number of anilines is 2. The van der Waals surface area contributed by atoms with E-state index in [9.17, 15) is 24.5 Å². The van der Waals surface area contributed by atoms with Gasteiger partial charge in [-0.2, -0.15) is 0 Å². The molecule has 2 rings (SSSR count). The van der Waals surface area contributed by atoms with Gasteiger partial charge < -0.3 is 20.1 Å². The molecule has 1 aliphatic rings. The molecule has 1 aliphatic heterocycles. The first kappa shape index (κ1) is 26.8. The Morgan fingerprint density at radius 1 is 1.29 bits per heavy atom. The molecule has 13 heteroatoms. The van der Waals surface area contributed by atoms with Crippen molar-refractivity contribution in [3.8, 4) is 0 Å². The van der Waals surface area contributed by atoms with E-state index in [1.807, 2.05) is 0 Å². The number of methoxy groups -OCH3 is 1. The molecule has 3 N–H and O–H groups in total. The fraction of sp³-hybridized carbons (Fsp3) is 0.619. The SMILES string of the molecule is COC(=O)[C@H](C)NC1Nc2nc(NC(=O)[C@H](C)N(C)C(=O)OC(C)(C)C)ccc2CC1[N+](=O)[O-]. The van der Waals surface area contributed by atoms with Crippen LogP contribution in [0.5, 0.6) is 0 Å². The van der Waals surface area contributed by atoms with E-state index in [1.54, 1.807) is 33.8 Å². The number of hydrogen-bond acceptors (Lipinski definition) is 10. The number of pyridine rings is 1. The molecule has 4 atom stereocenters. The normalized spacial score (nSPS) is 19.0. The minimum absolute atomic E-state index is 0.0693. The summed E-state index contributed by atoms with van der Waals surface area (Å²) in [5.41, 5.74) is -0.118. The van der Waals surface area contributed by atoms with E-state index in [4.69, 9.17) is 4.74 Å². The first-order chi connectivity index (χ1) is 15.7. The highest BCUT2D eigenvalue weighted by molar-refractivity contribution is 5.95. The van der Waals surface area contributed by atoms with E-state index < -0.39 is 52.8 Å². The van der Waals surface area contributed by atoms with Crippen molar-refractivity contribution in [3.63, 3.8) is 0 Å². The lowest BCUT2D eigenvalue weighted by Gasteiger charge is -2.31. The Hall–Kier alpha value is -3.48. The number of carbonyl (C=O) groups excluding carboxylic acids is 3. The van der Waals surface area contributed by atoms with Gasteiger partial charge in [0.1, 0.15) is 35.5 Å². The maximum Gasteiger partial charge on any atom is 0.410 e. The summed E-state index contributed by atoms with van der Waals surface area (Å²) in [4.78, 5) is 53.3. The van der Waals surface area contributed by atoms with Crippen molar-refractivity contribution in [2.24, 2.45) is 0 Å². The highest BCUT2D eigenvalue weighted by atomic mass is 16.6. The van der Waals surface area contributed by atoms with Crippen LogP contribution < -0.4 is 16.0 Å². The molecule has 34 heavy (non-hydrogen) atoms. The molecule has 2 heterocycles. The molecule has 1 aromatic heterocycles. The van der Waals surface area contributed by atoms with Crippen LogP contribution in [-0.4, -0.2) is 76.8 Å². The number of hydrogen-bond donors (Lipinski definition) is 3. The Morgan fingerprint density at radius 3 is 2.50 bits per heavy atom. The molecule has 1 aromatic rings. The molecule has 0 aromatic carbocycles. The zero-order chi connectivity index (χ0) is 25.8. The Morgan fingerprint density at radius 2 is 1.94 bits per heavy atom. The molecule has 0 aliphatic carbocycles. The molecular weight excluding hydrogens is 448 g/mol. The van der Waals surface area contributed by atoms with Crippen LogP contribution in [0.15, 0.2) is 12.1 Å². The lowest BCUT2D eigenvalue weighted by atomic mass is 9.99. The van der Waals surface area contributed by atoms with Gasteiger partial charge in [0.25, 0.3) is 0 Å². The second-order valence-electron chi connectivity index (χ2n) is 9.05. The van der Waals surface area contributed by atoms with Crippen molar-refractivity contribution in [2.75, 3.05) is 24.8 Å². The molecule has 0 saturated heterocycles. The number of esters is 1. The first-order valence-electron chi connectivity index (χ1n) is 10.7. The number of amides is 2. The van der Waals surface area contributed by atoms with Crippen LogP contribution in [0, 0.1) is 10.1 Å². The Bertz CT molecular complexity index is 948. The number of nitrogens with zero attached hydrogens (tertiary/aromatic N) is 3. The summed E-state index contributed by atoms with van der Waals surface area (Å²) in [7, 11) is 2.68. The molecule has 0 bridgehead atoms. The summed E-state index contributed by atoms with van der Waals surface area (Å²) >= 11 is 0. The third-order valence-corrected chi connectivity index (χ3v) is 5.23. The van der Waals surface area contributed by atoms with Gasteiger partial charge >= 0.3 is 12.1 Å². The van der Waals surface area contributed by atoms with Crippen molar-refractivity contribution in [3.05, 3.63) is 27.8 Å². The van der Waals surface area contributed by atoms with Crippen molar-refractivity contribution in [2.45, 2.75) is 70.9 Å². The lowest BCUT2D eigenvalue weighted by molar-refractivity contribution is -0.526. The van der Waals surface area contributed by atoms with Crippen LogP contribution >= 0.6 is 0 Å². The van der Waals surface area contributed by atoms with Crippen molar-refractivity contribution < 1.29 is 28.8 Å². The minimum Gasteiger partial charge on any atom is -0.468 e. The van der Waals surface area contributed by atoms with Crippen LogP contribution in [-0.2, 0) is 25.5 Å². The van der Waals surface area contributed by atoms with Gasteiger partial charge in [-0.05, 0) is 40.7 Å². The van der Waals surface area contributed by atoms with E-state index in [0.717, 1.165) is 0 Å². The molecule has 0 saturated carbocycles. The summed E-state index contributed by atoms with van der Waals surface area (Å²) in [5, 5.41) is 20.0. The van der Waals surface area contributed by atoms with Gasteiger partial charge in [-0.1, -0.05) is 6.07 Å². The molecule has 188 valence electrons. The monoisotopic (exact) mass is 480 g/mol. The predicted molar refractivity (Wildman–Crippen MR) is 123 cm³/mol. The van der Waals surface area contributed by atoms with Gasteiger partial charge in [-0.15, -0.1) is 0 Å². The van der Waals surface area contributed by atoms with E-state index >= 15 is 0 Å². The average molecular weight is 481 g/mol. The Kier molecular flexibility index (Phi) is 8.37. The van der Waals surface area contributed by atoms with E-state index in [2.05, 4.69) is 25.7 Å². The van der Waals surface area contributed by atoms with Gasteiger partial charge in [0, 0.05) is 24.0 Å². The van der Waals surface area contributed by atoms with Crippen molar-refractivity contribution in [1.29, 1.82) is 0 Å². The Balaban J connectivity index is 2.14. The summed E-state index contributed by atoms with van der Waals surface area (Å²) in [6.07, 6.45) is -1.47. The van der Waals surface area contributed by atoms with Gasteiger partial charge in [0.15, 0.2) is 0 Å². The van der Waals surface area contributed by atoms with Gasteiger partial charge in [0.2, 0.25) is 11.9 Å². The van der Waals surface area contributed by atoms with Crippen LogP contribution in [0.1, 0.15) is 40.2 Å². The number of likely N-dealkylation sites (N-methyl/N-ethyl adjacent to an activating group) is 1. The standard InChI is InChI=1S/C21H32N6O7/c1-11(19(29)33-7)22-17-14(27(31)32)10-13-8-9-15(23-16(13)25-17)24-18(28)12(2)26(6)20(30)34-21(3,4)5/h8-9,11-12,14,17,22H,10H2,1-7H3,(H2,23,24,25,28)/t11-,12-,14?,17?/m0/s1. The number of nitro groups is 1. The number of ether oxygens (including phenoxy) is 2. The summed E-state index contributed by atoms with van der Waals surface area (Å²) < 4.78 is 9.95. The highest BCUT2D eigenvalue weighted by Crippen LogP contribution is 2.26. The molecule has 13 nitrogen and oxygen atoms in total. The second-order valence-corrected chi connectivity index (χ2v) is 9.05. The van der Waals surface area contributed by atoms with Gasteiger partial charge in [0.05, 0.1) is 7.11 Å². The van der Waals surface area contributed by atoms with Crippen LogP contribution in [0.2, 0.25) is 0 Å². The number of aromatic nitrogens is 1. The predicted octanol–water partition coefficient (Wildman–Crippen LogP) is 1.37. The number of nitrogens with one attached hydrogen (secondary N) is 3. The average Bonchev–Trinajstić information content (AvgIpc) is 2.75.